The van der Waals surface area contributed by atoms with Crippen molar-refractivity contribution in [3.8, 4) is 22.9 Å². The van der Waals surface area contributed by atoms with Gasteiger partial charge in [0.1, 0.15) is 11.5 Å². The zero-order chi connectivity index (χ0) is 24.4. The fraction of sp³-hybridized carbons (Fsp3) is 0.222. The first-order chi connectivity index (χ1) is 16.3. The number of nitrogens with zero attached hydrogens (tertiary/aromatic N) is 3. The Hall–Kier alpha value is -3.45. The van der Waals surface area contributed by atoms with Gasteiger partial charge in [0.25, 0.3) is 5.56 Å². The molecule has 3 aromatic carbocycles. The van der Waals surface area contributed by atoms with Crippen molar-refractivity contribution in [2.75, 3.05) is 6.61 Å². The van der Waals surface area contributed by atoms with Crippen molar-refractivity contribution in [2.45, 2.75) is 33.6 Å². The monoisotopic (exact) mass is 519 g/mol. The summed E-state index contributed by atoms with van der Waals surface area (Å²) in [5, 5.41) is 14.8. The van der Waals surface area contributed by atoms with Crippen LogP contribution in [0.3, 0.4) is 0 Å². The molecule has 1 aromatic heterocycles. The molecular formula is C27H26BrN3O3. The lowest BCUT2D eigenvalue weighted by Crippen LogP contribution is -2.20. The van der Waals surface area contributed by atoms with E-state index in [-0.39, 0.29) is 17.2 Å². The molecule has 1 heterocycles. The summed E-state index contributed by atoms with van der Waals surface area (Å²) in [7, 11) is 0. The van der Waals surface area contributed by atoms with Gasteiger partial charge in [0.15, 0.2) is 5.82 Å². The number of halogens is 1. The van der Waals surface area contributed by atoms with Crippen molar-refractivity contribution in [3.63, 3.8) is 0 Å². The molecule has 7 heteroatoms. The van der Waals surface area contributed by atoms with Gasteiger partial charge in [-0.25, -0.2) is 4.98 Å². The van der Waals surface area contributed by atoms with Crippen molar-refractivity contribution in [3.05, 3.63) is 86.1 Å². The Morgan fingerprint density at radius 3 is 2.65 bits per heavy atom. The van der Waals surface area contributed by atoms with E-state index in [1.807, 2.05) is 44.2 Å². The number of phenolic OH excluding ortho intramolecular Hbond substituents is 1. The molecule has 0 aliphatic heterocycles. The largest absolute Gasteiger partial charge is 0.507 e. The molecule has 174 valence electrons. The van der Waals surface area contributed by atoms with Gasteiger partial charge in [0.2, 0.25) is 0 Å². The molecule has 0 saturated carbocycles. The van der Waals surface area contributed by atoms with Crippen LogP contribution in [0.1, 0.15) is 43.4 Å². The van der Waals surface area contributed by atoms with Crippen LogP contribution in [-0.2, 0) is 0 Å². The van der Waals surface area contributed by atoms with E-state index in [2.05, 4.69) is 34.9 Å². The fourth-order valence-electron chi connectivity index (χ4n) is 3.80. The minimum Gasteiger partial charge on any atom is -0.507 e. The van der Waals surface area contributed by atoms with Gasteiger partial charge >= 0.3 is 0 Å². The molecule has 0 amide bonds. The van der Waals surface area contributed by atoms with E-state index >= 15 is 0 Å². The van der Waals surface area contributed by atoms with Gasteiger partial charge in [-0.05, 0) is 94.9 Å². The maximum atomic E-state index is 13.5. The minimum absolute atomic E-state index is 0.133. The predicted molar refractivity (Wildman–Crippen MR) is 140 cm³/mol. The van der Waals surface area contributed by atoms with Gasteiger partial charge in [-0.1, -0.05) is 26.0 Å². The number of hydrogen-bond acceptors (Lipinski definition) is 5. The highest BCUT2D eigenvalue weighted by Gasteiger charge is 2.18. The Morgan fingerprint density at radius 2 is 1.94 bits per heavy atom. The van der Waals surface area contributed by atoms with Crippen LogP contribution in [0, 0.1) is 6.92 Å². The van der Waals surface area contributed by atoms with E-state index in [0.29, 0.717) is 27.8 Å². The number of aryl methyl sites for hydroxylation is 1. The highest BCUT2D eigenvalue weighted by atomic mass is 79.9. The van der Waals surface area contributed by atoms with Crippen LogP contribution in [0.25, 0.3) is 22.3 Å². The summed E-state index contributed by atoms with van der Waals surface area (Å²) < 4.78 is 7.77. The standard InChI is InChI=1S/C27H26BrN3O3/c1-5-34-25-12-17(4)21(14-20(25)16(2)3)26-30-23-9-7-6-8-19(23)27(33)31(26)29-15-18-10-11-24(32)22(28)13-18/h6-16,32H,5H2,1-4H3. The van der Waals surface area contributed by atoms with Crippen molar-refractivity contribution < 1.29 is 9.84 Å². The minimum atomic E-state index is -0.255. The molecule has 0 radical (unpaired) electrons. The van der Waals surface area contributed by atoms with Gasteiger partial charge in [0, 0.05) is 5.56 Å². The molecule has 0 fully saturated rings. The molecule has 4 aromatic rings. The van der Waals surface area contributed by atoms with Crippen molar-refractivity contribution in [2.24, 2.45) is 5.10 Å². The summed E-state index contributed by atoms with van der Waals surface area (Å²) in [6.07, 6.45) is 1.58. The third-order valence-electron chi connectivity index (χ3n) is 5.57. The van der Waals surface area contributed by atoms with Crippen LogP contribution in [0.5, 0.6) is 11.5 Å². The van der Waals surface area contributed by atoms with Crippen molar-refractivity contribution in [1.82, 2.24) is 9.66 Å². The number of benzene rings is 3. The average molecular weight is 520 g/mol. The van der Waals surface area contributed by atoms with Crippen LogP contribution in [0.15, 0.2) is 69.0 Å². The average Bonchev–Trinajstić information content (AvgIpc) is 2.81. The number of ether oxygens (including phenoxy) is 1. The molecule has 0 aliphatic rings. The number of phenols is 1. The molecule has 0 spiro atoms. The molecule has 0 atom stereocenters. The predicted octanol–water partition coefficient (Wildman–Crippen LogP) is 6.24. The Balaban J connectivity index is 1.97. The molecule has 0 bridgehead atoms. The Bertz CT molecular complexity index is 1460. The second-order valence-electron chi connectivity index (χ2n) is 8.32. The Labute approximate surface area is 206 Å². The quantitative estimate of drug-likeness (QED) is 0.305. The van der Waals surface area contributed by atoms with Crippen LogP contribution in [0.4, 0.5) is 0 Å². The smallest absolute Gasteiger partial charge is 0.282 e. The summed E-state index contributed by atoms with van der Waals surface area (Å²) in [4.78, 5) is 18.3. The Kier molecular flexibility index (Phi) is 6.84. The molecule has 0 aliphatic carbocycles. The van der Waals surface area contributed by atoms with Gasteiger partial charge in [-0.2, -0.15) is 9.78 Å². The highest BCUT2D eigenvalue weighted by molar-refractivity contribution is 9.10. The Morgan fingerprint density at radius 1 is 1.18 bits per heavy atom. The van der Waals surface area contributed by atoms with Crippen molar-refractivity contribution in [1.29, 1.82) is 0 Å². The lowest BCUT2D eigenvalue weighted by atomic mass is 9.96. The van der Waals surface area contributed by atoms with Gasteiger partial charge < -0.3 is 9.84 Å². The maximum absolute atomic E-state index is 13.5. The zero-order valence-electron chi connectivity index (χ0n) is 19.5. The van der Waals surface area contributed by atoms with E-state index in [4.69, 9.17) is 9.72 Å². The number of para-hydroxylation sites is 1. The van der Waals surface area contributed by atoms with Gasteiger partial charge in [-0.3, -0.25) is 4.79 Å². The molecule has 6 nitrogen and oxygen atoms in total. The first-order valence-electron chi connectivity index (χ1n) is 11.1. The SMILES string of the molecule is CCOc1cc(C)c(-c2nc3ccccc3c(=O)n2N=Cc2ccc(O)c(Br)c2)cc1C(C)C. The topological polar surface area (TPSA) is 76.7 Å². The molecule has 34 heavy (non-hydrogen) atoms. The zero-order valence-corrected chi connectivity index (χ0v) is 21.1. The lowest BCUT2D eigenvalue weighted by Gasteiger charge is -2.18. The summed E-state index contributed by atoms with van der Waals surface area (Å²) in [5.74, 6) is 1.65. The first-order valence-corrected chi connectivity index (χ1v) is 11.9. The van der Waals surface area contributed by atoms with Crippen LogP contribution < -0.4 is 10.3 Å². The van der Waals surface area contributed by atoms with E-state index in [9.17, 15) is 9.90 Å². The second kappa shape index (κ2) is 9.81. The fourth-order valence-corrected chi connectivity index (χ4v) is 4.20. The van der Waals surface area contributed by atoms with E-state index in [0.717, 1.165) is 28.0 Å². The van der Waals surface area contributed by atoms with Crippen molar-refractivity contribution >= 4 is 33.0 Å². The van der Waals surface area contributed by atoms with Crippen LogP contribution in [-0.4, -0.2) is 27.6 Å². The molecule has 0 unspecified atom stereocenters. The number of aromatic nitrogens is 2. The highest BCUT2D eigenvalue weighted by Crippen LogP contribution is 2.34. The lowest BCUT2D eigenvalue weighted by molar-refractivity contribution is 0.335. The first kappa shape index (κ1) is 23.7. The summed E-state index contributed by atoms with van der Waals surface area (Å²) in [5.41, 5.74) is 3.88. The maximum Gasteiger partial charge on any atom is 0.282 e. The number of aromatic hydroxyl groups is 1. The van der Waals surface area contributed by atoms with Gasteiger partial charge in [0.05, 0.1) is 28.2 Å². The summed E-state index contributed by atoms with van der Waals surface area (Å²) in [6.45, 7) is 8.74. The molecular weight excluding hydrogens is 494 g/mol. The van der Waals surface area contributed by atoms with E-state index in [1.165, 1.54) is 4.68 Å². The number of hydrogen-bond donors (Lipinski definition) is 1. The normalized spacial score (nSPS) is 11.6. The molecule has 4 rings (SSSR count). The summed E-state index contributed by atoms with van der Waals surface area (Å²) >= 11 is 3.32. The molecule has 0 saturated heterocycles. The number of fused-ring (bicyclic) bond motifs is 1. The molecule has 1 N–H and O–H groups in total. The van der Waals surface area contributed by atoms with Gasteiger partial charge in [-0.15, -0.1) is 0 Å². The van der Waals surface area contributed by atoms with E-state index in [1.54, 1.807) is 30.5 Å². The van der Waals surface area contributed by atoms with Crippen LogP contribution >= 0.6 is 15.9 Å². The third kappa shape index (κ3) is 4.61. The van der Waals surface area contributed by atoms with Crippen LogP contribution in [0.2, 0.25) is 0 Å². The number of rotatable bonds is 6. The second-order valence-corrected chi connectivity index (χ2v) is 9.17. The van der Waals surface area contributed by atoms with E-state index < -0.39 is 0 Å². The third-order valence-corrected chi connectivity index (χ3v) is 6.20. The summed E-state index contributed by atoms with van der Waals surface area (Å²) in [6, 6.07) is 16.3.